The lowest BCUT2D eigenvalue weighted by molar-refractivity contribution is 0.0119. The van der Waals surface area contributed by atoms with Crippen LogP contribution >= 0.6 is 9.47 Å². The first kappa shape index (κ1) is 15.6. The van der Waals surface area contributed by atoms with Gasteiger partial charge in [-0.3, -0.25) is 4.90 Å². The Labute approximate surface area is 111 Å². The summed E-state index contributed by atoms with van der Waals surface area (Å²) in [6, 6.07) is 0. The largest absolute Gasteiger partial charge is 0.444 e. The fraction of sp³-hybridized carbons (Fsp3) is 0.909. The molecule has 0 spiro atoms. The Kier molecular flexibility index (Phi) is 5.79. The van der Waals surface area contributed by atoms with Gasteiger partial charge in [-0.25, -0.2) is 4.79 Å². The lowest BCUT2D eigenvalue weighted by atomic mass is 10.2. The summed E-state index contributed by atoms with van der Waals surface area (Å²) in [4.78, 5) is 15.7. The van der Waals surface area contributed by atoms with E-state index >= 15 is 0 Å². The predicted molar refractivity (Wildman–Crippen MR) is 73.0 cm³/mol. The number of ether oxygens (including phenoxy) is 1. The number of carbonyl (C=O) groups is 1. The van der Waals surface area contributed by atoms with E-state index in [2.05, 4.69) is 14.4 Å². The van der Waals surface area contributed by atoms with Crippen molar-refractivity contribution in [2.75, 3.05) is 32.7 Å². The highest BCUT2D eigenvalue weighted by atomic mass is 31.0. The minimum absolute atomic E-state index is 0.242. The Morgan fingerprint density at radius 1 is 1.33 bits per heavy atom. The molecule has 1 fully saturated rings. The summed E-state index contributed by atoms with van der Waals surface area (Å²) >= 11 is 0. The van der Waals surface area contributed by atoms with Gasteiger partial charge in [-0.2, -0.15) is 0 Å². The van der Waals surface area contributed by atoms with E-state index in [-0.39, 0.29) is 12.3 Å². The van der Waals surface area contributed by atoms with Crippen molar-refractivity contribution >= 4 is 15.6 Å². The van der Waals surface area contributed by atoms with Crippen LogP contribution < -0.4 is 5.73 Å². The average molecular weight is 277 g/mol. The van der Waals surface area contributed by atoms with Crippen molar-refractivity contribution in [3.05, 3.63) is 0 Å². The van der Waals surface area contributed by atoms with Crippen molar-refractivity contribution in [1.82, 2.24) is 9.80 Å². The molecule has 7 heteroatoms. The van der Waals surface area contributed by atoms with Crippen LogP contribution in [0.15, 0.2) is 0 Å². The first-order valence-corrected chi connectivity index (χ1v) is 6.60. The summed E-state index contributed by atoms with van der Waals surface area (Å²) in [5.74, 6) is 0. The molecular formula is C11H24N3O3P. The molecule has 0 aromatic heterocycles. The van der Waals surface area contributed by atoms with Crippen LogP contribution in [0.5, 0.6) is 0 Å². The summed E-state index contributed by atoms with van der Waals surface area (Å²) in [5.41, 5.74) is 5.25. The van der Waals surface area contributed by atoms with Crippen molar-refractivity contribution in [2.24, 2.45) is 5.73 Å². The third-order valence-electron chi connectivity index (χ3n) is 2.64. The molecule has 1 aliphatic heterocycles. The molecule has 106 valence electrons. The maximum Gasteiger partial charge on any atom is 0.410 e. The van der Waals surface area contributed by atoms with Gasteiger partial charge in [0.25, 0.3) is 0 Å². The van der Waals surface area contributed by atoms with Gasteiger partial charge in [0.2, 0.25) is 0 Å². The van der Waals surface area contributed by atoms with E-state index < -0.39 is 5.60 Å². The Hall–Kier alpha value is -0.420. The van der Waals surface area contributed by atoms with Gasteiger partial charge in [0.1, 0.15) is 11.8 Å². The van der Waals surface area contributed by atoms with Crippen molar-refractivity contribution in [3.63, 3.8) is 0 Å². The van der Waals surface area contributed by atoms with E-state index in [4.69, 9.17) is 15.0 Å². The van der Waals surface area contributed by atoms with Crippen molar-refractivity contribution in [3.8, 4) is 0 Å². The molecule has 0 aromatic rings. The minimum Gasteiger partial charge on any atom is -0.444 e. The van der Waals surface area contributed by atoms with E-state index in [9.17, 15) is 4.79 Å². The number of rotatable bonds is 3. The SMILES string of the molecule is CC(C)(C)OC(=O)N1CCN(C[C@@H](N)OP)CC1. The van der Waals surface area contributed by atoms with E-state index in [0.29, 0.717) is 19.6 Å². The van der Waals surface area contributed by atoms with E-state index in [1.165, 1.54) is 0 Å². The second-order valence-electron chi connectivity index (χ2n) is 5.44. The highest BCUT2D eigenvalue weighted by Gasteiger charge is 2.26. The highest BCUT2D eigenvalue weighted by molar-refractivity contribution is 7.09. The Balaban J connectivity index is 2.33. The van der Waals surface area contributed by atoms with Crippen LogP contribution in [0.4, 0.5) is 4.79 Å². The Morgan fingerprint density at radius 3 is 2.33 bits per heavy atom. The van der Waals surface area contributed by atoms with Crippen molar-refractivity contribution in [1.29, 1.82) is 0 Å². The molecule has 2 N–H and O–H groups in total. The zero-order valence-corrected chi connectivity index (χ0v) is 12.5. The quantitative estimate of drug-likeness (QED) is 0.605. The maximum absolute atomic E-state index is 11.8. The topological polar surface area (TPSA) is 68.0 Å². The number of hydrogen-bond acceptors (Lipinski definition) is 5. The molecular weight excluding hydrogens is 253 g/mol. The van der Waals surface area contributed by atoms with Gasteiger partial charge in [-0.1, -0.05) is 0 Å². The maximum atomic E-state index is 11.8. The number of carbonyl (C=O) groups excluding carboxylic acids is 1. The molecule has 0 aliphatic carbocycles. The van der Waals surface area contributed by atoms with Gasteiger partial charge in [-0.05, 0) is 20.8 Å². The molecule has 1 unspecified atom stereocenters. The lowest BCUT2D eigenvalue weighted by Gasteiger charge is -2.36. The van der Waals surface area contributed by atoms with Gasteiger partial charge in [0.15, 0.2) is 0 Å². The molecule has 1 amide bonds. The summed E-state index contributed by atoms with van der Waals surface area (Å²) in [6.45, 7) is 9.20. The van der Waals surface area contributed by atoms with Crippen LogP contribution in [0.1, 0.15) is 20.8 Å². The molecule has 0 bridgehead atoms. The zero-order chi connectivity index (χ0) is 13.8. The van der Waals surface area contributed by atoms with Gasteiger partial charge in [0, 0.05) is 42.2 Å². The highest BCUT2D eigenvalue weighted by Crippen LogP contribution is 2.12. The van der Waals surface area contributed by atoms with Gasteiger partial charge in [-0.15, -0.1) is 0 Å². The molecule has 1 aliphatic rings. The first-order valence-electron chi connectivity index (χ1n) is 6.13. The second kappa shape index (κ2) is 6.66. The van der Waals surface area contributed by atoms with Crippen LogP contribution in [0, 0.1) is 0 Å². The molecule has 0 saturated carbocycles. The molecule has 2 atom stereocenters. The smallest absolute Gasteiger partial charge is 0.410 e. The van der Waals surface area contributed by atoms with Crippen LogP contribution in [-0.4, -0.2) is 60.4 Å². The van der Waals surface area contributed by atoms with E-state index in [1.807, 2.05) is 20.8 Å². The molecule has 1 saturated heterocycles. The van der Waals surface area contributed by atoms with Crippen LogP contribution in [0.2, 0.25) is 0 Å². The lowest BCUT2D eigenvalue weighted by Crippen LogP contribution is -2.52. The molecule has 6 nitrogen and oxygen atoms in total. The number of hydrogen-bond donors (Lipinski definition) is 1. The number of amides is 1. The molecule has 1 heterocycles. The zero-order valence-electron chi connectivity index (χ0n) is 11.4. The normalized spacial score (nSPS) is 19.7. The third-order valence-corrected chi connectivity index (χ3v) is 2.99. The number of nitrogens with two attached hydrogens (primary N) is 1. The van der Waals surface area contributed by atoms with Crippen molar-refractivity contribution in [2.45, 2.75) is 32.6 Å². The van der Waals surface area contributed by atoms with Gasteiger partial charge < -0.3 is 19.9 Å². The summed E-state index contributed by atoms with van der Waals surface area (Å²) in [5, 5.41) is 0. The van der Waals surface area contributed by atoms with Gasteiger partial charge >= 0.3 is 6.09 Å². The minimum atomic E-state index is -0.441. The van der Waals surface area contributed by atoms with Crippen LogP contribution in [0.25, 0.3) is 0 Å². The summed E-state index contributed by atoms with van der Waals surface area (Å²) < 4.78 is 10.3. The fourth-order valence-electron chi connectivity index (χ4n) is 1.74. The fourth-order valence-corrected chi connectivity index (χ4v) is 1.82. The predicted octanol–water partition coefficient (Wildman–Crippen LogP) is 0.631. The number of nitrogens with zero attached hydrogens (tertiary/aromatic N) is 2. The van der Waals surface area contributed by atoms with E-state index in [1.54, 1.807) is 4.90 Å². The molecule has 0 radical (unpaired) electrons. The van der Waals surface area contributed by atoms with E-state index in [0.717, 1.165) is 13.1 Å². The first-order chi connectivity index (χ1) is 8.31. The monoisotopic (exact) mass is 277 g/mol. The molecule has 0 aromatic carbocycles. The standard InChI is InChI=1S/C11H24N3O3P/c1-11(2,3)16-10(15)14-6-4-13(5-7-14)8-9(12)17-18/h9H,4-8,12,18H2,1-3H3/t9-/m0/s1. The van der Waals surface area contributed by atoms with Crippen LogP contribution in [0.3, 0.4) is 0 Å². The summed E-state index contributed by atoms with van der Waals surface area (Å²) in [7, 11) is 2.17. The third kappa shape index (κ3) is 5.48. The van der Waals surface area contributed by atoms with Crippen LogP contribution in [-0.2, 0) is 9.26 Å². The van der Waals surface area contributed by atoms with Gasteiger partial charge in [0.05, 0.1) is 0 Å². The second-order valence-corrected chi connectivity index (χ2v) is 5.71. The summed E-state index contributed by atoms with van der Waals surface area (Å²) in [6.07, 6.45) is -0.545. The Morgan fingerprint density at radius 2 is 1.89 bits per heavy atom. The average Bonchev–Trinajstić information content (AvgIpc) is 2.27. The Bertz CT molecular complexity index is 275. The number of piperazine rings is 1. The van der Waals surface area contributed by atoms with Crippen molar-refractivity contribution < 1.29 is 14.1 Å². The molecule has 18 heavy (non-hydrogen) atoms. The molecule has 1 rings (SSSR count).